The van der Waals surface area contributed by atoms with Crippen LogP contribution in [0.25, 0.3) is 0 Å². The molecule has 2 bridgehead atoms. The number of phenolic OH excluding ortho intramolecular Hbond substituents is 1. The number of nitrogens with zero attached hydrogens (tertiary/aromatic N) is 2. The summed E-state index contributed by atoms with van der Waals surface area (Å²) in [7, 11) is 1.63. The molecule has 0 unspecified atom stereocenters. The van der Waals surface area contributed by atoms with Crippen molar-refractivity contribution in [3.8, 4) is 5.75 Å². The monoisotopic (exact) mass is 360 g/mol. The van der Waals surface area contributed by atoms with Crippen LogP contribution in [0.3, 0.4) is 0 Å². The zero-order valence-electron chi connectivity index (χ0n) is 15.3. The first-order chi connectivity index (χ1) is 12.7. The van der Waals surface area contributed by atoms with E-state index in [0.29, 0.717) is 37.5 Å². The number of fused-ring (bicyclic) bond motifs is 2. The highest BCUT2D eigenvalue weighted by molar-refractivity contribution is 5.78. The van der Waals surface area contributed by atoms with Crippen molar-refractivity contribution in [2.45, 2.75) is 30.8 Å². The third kappa shape index (κ3) is 3.21. The van der Waals surface area contributed by atoms with E-state index >= 15 is 0 Å². The number of rotatable bonds is 6. The van der Waals surface area contributed by atoms with Crippen molar-refractivity contribution in [3.05, 3.63) is 29.8 Å². The van der Waals surface area contributed by atoms with Crippen molar-refractivity contribution in [2.24, 2.45) is 5.92 Å². The second kappa shape index (κ2) is 7.55. The number of carbonyl (C=O) groups is 1. The first-order valence-corrected chi connectivity index (χ1v) is 9.58. The van der Waals surface area contributed by atoms with Crippen LogP contribution in [0.1, 0.15) is 24.3 Å². The number of hydrogen-bond acceptors (Lipinski definition) is 5. The summed E-state index contributed by atoms with van der Waals surface area (Å²) in [4.78, 5) is 17.5. The van der Waals surface area contributed by atoms with Crippen molar-refractivity contribution >= 4 is 5.91 Å². The predicted molar refractivity (Wildman–Crippen MR) is 97.1 cm³/mol. The van der Waals surface area contributed by atoms with E-state index in [0.717, 1.165) is 18.7 Å². The van der Waals surface area contributed by atoms with Crippen LogP contribution >= 0.6 is 0 Å². The van der Waals surface area contributed by atoms with Crippen LogP contribution in [0, 0.1) is 5.92 Å². The molecule has 4 fully saturated rings. The van der Waals surface area contributed by atoms with Crippen LogP contribution in [0.4, 0.5) is 0 Å². The zero-order valence-corrected chi connectivity index (χ0v) is 15.3. The fraction of sp³-hybridized carbons (Fsp3) is 0.650. The van der Waals surface area contributed by atoms with Crippen molar-refractivity contribution in [1.29, 1.82) is 0 Å². The molecule has 5 rings (SSSR count). The Bertz CT molecular complexity index is 644. The van der Waals surface area contributed by atoms with Gasteiger partial charge in [0.2, 0.25) is 5.91 Å². The average molecular weight is 360 g/mol. The Hall–Kier alpha value is -1.63. The molecule has 26 heavy (non-hydrogen) atoms. The van der Waals surface area contributed by atoms with Gasteiger partial charge in [-0.1, -0.05) is 12.1 Å². The molecule has 0 radical (unpaired) electrons. The van der Waals surface area contributed by atoms with E-state index in [1.54, 1.807) is 13.2 Å². The molecule has 0 aliphatic carbocycles. The van der Waals surface area contributed by atoms with E-state index in [1.807, 2.05) is 12.1 Å². The molecule has 6 heteroatoms. The van der Waals surface area contributed by atoms with E-state index in [-0.39, 0.29) is 24.5 Å². The molecule has 0 saturated carbocycles. The quantitative estimate of drug-likeness (QED) is 0.778. The van der Waals surface area contributed by atoms with Gasteiger partial charge in [-0.3, -0.25) is 9.69 Å². The molecule has 4 heterocycles. The Balaban J connectivity index is 1.55. The summed E-state index contributed by atoms with van der Waals surface area (Å²) < 4.78 is 10.5. The number of methoxy groups -OCH3 is 1. The third-order valence-corrected chi connectivity index (χ3v) is 6.27. The van der Waals surface area contributed by atoms with Crippen LogP contribution in [-0.4, -0.2) is 79.5 Å². The Kier molecular flexibility index (Phi) is 5.16. The Morgan fingerprint density at radius 2 is 2.04 bits per heavy atom. The minimum Gasteiger partial charge on any atom is -0.508 e. The fourth-order valence-corrected chi connectivity index (χ4v) is 5.14. The molecule has 0 spiro atoms. The van der Waals surface area contributed by atoms with Gasteiger partial charge < -0.3 is 19.5 Å². The maximum absolute atomic E-state index is 12.9. The van der Waals surface area contributed by atoms with Crippen molar-refractivity contribution in [3.63, 3.8) is 0 Å². The lowest BCUT2D eigenvalue weighted by atomic mass is 9.75. The van der Waals surface area contributed by atoms with Gasteiger partial charge in [-0.05, 0) is 49.5 Å². The highest BCUT2D eigenvalue weighted by atomic mass is 16.5. The van der Waals surface area contributed by atoms with Gasteiger partial charge in [0.15, 0.2) is 0 Å². The lowest BCUT2D eigenvalue weighted by Crippen LogP contribution is -2.61. The summed E-state index contributed by atoms with van der Waals surface area (Å²) >= 11 is 0. The molecule has 1 amide bonds. The number of phenols is 1. The predicted octanol–water partition coefficient (Wildman–Crippen LogP) is 1.44. The van der Waals surface area contributed by atoms with Gasteiger partial charge in [-0.15, -0.1) is 0 Å². The van der Waals surface area contributed by atoms with E-state index in [9.17, 15) is 9.90 Å². The molecular weight excluding hydrogens is 332 g/mol. The van der Waals surface area contributed by atoms with Crippen LogP contribution in [0.5, 0.6) is 5.75 Å². The molecule has 1 aromatic carbocycles. The zero-order chi connectivity index (χ0) is 18.1. The van der Waals surface area contributed by atoms with E-state index < -0.39 is 0 Å². The van der Waals surface area contributed by atoms with E-state index in [2.05, 4.69) is 15.9 Å². The molecule has 4 aliphatic heterocycles. The minimum absolute atomic E-state index is 0.0764. The summed E-state index contributed by atoms with van der Waals surface area (Å²) in [5.41, 5.74) is 1.13. The van der Waals surface area contributed by atoms with Gasteiger partial charge in [0.1, 0.15) is 12.4 Å². The molecule has 0 aromatic heterocycles. The summed E-state index contributed by atoms with van der Waals surface area (Å²) in [6, 6.07) is 8.15. The topological polar surface area (TPSA) is 62.2 Å². The maximum Gasteiger partial charge on any atom is 0.248 e. The molecule has 4 aliphatic rings. The molecule has 6 nitrogen and oxygen atoms in total. The number of hydrogen-bond donors (Lipinski definition) is 1. The van der Waals surface area contributed by atoms with Crippen LogP contribution < -0.4 is 0 Å². The number of benzene rings is 1. The lowest BCUT2D eigenvalue weighted by molar-refractivity contribution is -0.141. The van der Waals surface area contributed by atoms with Crippen LogP contribution in [0.2, 0.25) is 0 Å². The number of ether oxygens (including phenoxy) is 2. The Morgan fingerprint density at radius 3 is 2.77 bits per heavy atom. The second-order valence-corrected chi connectivity index (χ2v) is 7.65. The standard InChI is InChI=1S/C20H28N2O4/c1-25-9-10-26-13-18(24)22-12-17(15-3-2-4-16(23)11-15)20-19(22)14-5-7-21(20)8-6-14/h2-4,11,14,17,19-20,23H,5-10,12-13H2,1H3/t17-,19+,20+/m0/s1. The molecule has 1 aromatic rings. The van der Waals surface area contributed by atoms with Gasteiger partial charge in [-0.25, -0.2) is 0 Å². The van der Waals surface area contributed by atoms with Gasteiger partial charge in [0.25, 0.3) is 0 Å². The number of piperidine rings is 3. The number of carbonyl (C=O) groups excluding carboxylic acids is 1. The number of likely N-dealkylation sites (tertiary alicyclic amines) is 1. The van der Waals surface area contributed by atoms with E-state index in [4.69, 9.17) is 9.47 Å². The van der Waals surface area contributed by atoms with Crippen LogP contribution in [0.15, 0.2) is 24.3 Å². The highest BCUT2D eigenvalue weighted by Crippen LogP contribution is 2.46. The fourth-order valence-electron chi connectivity index (χ4n) is 5.14. The largest absolute Gasteiger partial charge is 0.508 e. The number of amides is 1. The summed E-state index contributed by atoms with van der Waals surface area (Å²) in [5.74, 6) is 1.20. The minimum atomic E-state index is 0.0764. The molecule has 3 atom stereocenters. The van der Waals surface area contributed by atoms with Gasteiger partial charge in [-0.2, -0.15) is 0 Å². The summed E-state index contributed by atoms with van der Waals surface area (Å²) in [6.07, 6.45) is 2.34. The first-order valence-electron chi connectivity index (χ1n) is 9.58. The van der Waals surface area contributed by atoms with Crippen molar-refractivity contribution in [1.82, 2.24) is 9.80 Å². The van der Waals surface area contributed by atoms with Gasteiger partial charge in [0, 0.05) is 25.6 Å². The highest BCUT2D eigenvalue weighted by Gasteiger charge is 2.54. The van der Waals surface area contributed by atoms with Crippen molar-refractivity contribution < 1.29 is 19.4 Å². The molecule has 1 N–H and O–H groups in total. The SMILES string of the molecule is COCCOCC(=O)N1C[C@@H](c2cccc(O)c2)[C@@H]2[C@H]1C1CCN2CC1. The lowest BCUT2D eigenvalue weighted by Gasteiger charge is -2.51. The molecular formula is C20H28N2O4. The first kappa shape index (κ1) is 17.8. The summed E-state index contributed by atoms with van der Waals surface area (Å²) in [5, 5.41) is 9.92. The third-order valence-electron chi connectivity index (χ3n) is 6.27. The normalized spacial score (nSPS) is 32.7. The van der Waals surface area contributed by atoms with Gasteiger partial charge >= 0.3 is 0 Å². The van der Waals surface area contributed by atoms with Crippen molar-refractivity contribution in [2.75, 3.05) is 46.6 Å². The Morgan fingerprint density at radius 1 is 1.23 bits per heavy atom. The smallest absolute Gasteiger partial charge is 0.248 e. The maximum atomic E-state index is 12.9. The number of aromatic hydroxyl groups is 1. The second-order valence-electron chi connectivity index (χ2n) is 7.65. The van der Waals surface area contributed by atoms with Crippen LogP contribution in [-0.2, 0) is 14.3 Å². The van der Waals surface area contributed by atoms with Gasteiger partial charge in [0.05, 0.1) is 19.3 Å². The Labute approximate surface area is 154 Å². The molecule has 4 saturated heterocycles. The van der Waals surface area contributed by atoms with E-state index in [1.165, 1.54) is 12.8 Å². The average Bonchev–Trinajstić information content (AvgIpc) is 3.09. The molecule has 142 valence electrons. The summed E-state index contributed by atoms with van der Waals surface area (Å²) in [6.45, 7) is 4.00.